The van der Waals surface area contributed by atoms with Crippen LogP contribution in [0.15, 0.2) is 71.6 Å². The summed E-state index contributed by atoms with van der Waals surface area (Å²) in [6, 6.07) is 14.0. The van der Waals surface area contributed by atoms with Crippen LogP contribution in [0.3, 0.4) is 0 Å². The van der Waals surface area contributed by atoms with Crippen LogP contribution in [0.4, 0.5) is 0 Å². The summed E-state index contributed by atoms with van der Waals surface area (Å²) in [6.07, 6.45) is 4.68. The normalized spacial score (nSPS) is 16.2. The predicted molar refractivity (Wildman–Crippen MR) is 122 cm³/mol. The van der Waals surface area contributed by atoms with E-state index in [1.165, 1.54) is 0 Å². The van der Waals surface area contributed by atoms with Crippen molar-refractivity contribution >= 4 is 28.5 Å². The number of nitrogens with zero attached hydrogens (tertiary/aromatic N) is 3. The van der Waals surface area contributed by atoms with Crippen molar-refractivity contribution in [3.8, 4) is 11.5 Å². The second-order valence-corrected chi connectivity index (χ2v) is 8.06. The van der Waals surface area contributed by atoms with Crippen molar-refractivity contribution in [3.63, 3.8) is 0 Å². The van der Waals surface area contributed by atoms with Gasteiger partial charge in [-0.2, -0.15) is 0 Å². The maximum Gasteiger partial charge on any atom is 0.295 e. The highest BCUT2D eigenvalue weighted by molar-refractivity contribution is 6.45. The van der Waals surface area contributed by atoms with Crippen molar-refractivity contribution < 1.29 is 18.8 Å². The van der Waals surface area contributed by atoms with Crippen LogP contribution in [0, 0.1) is 0 Å². The number of H-pyrrole nitrogens is 1. The van der Waals surface area contributed by atoms with Gasteiger partial charge in [-0.1, -0.05) is 18.2 Å². The molecule has 4 aromatic rings. The molecular formula is C25H22N4O4. The lowest BCUT2D eigenvalue weighted by Crippen LogP contribution is -2.56. The molecule has 0 saturated carbocycles. The lowest BCUT2D eigenvalue weighted by atomic mass is 10.1. The Morgan fingerprint density at radius 2 is 1.88 bits per heavy atom. The molecule has 0 bridgehead atoms. The monoisotopic (exact) mass is 442 g/mol. The molecule has 33 heavy (non-hydrogen) atoms. The first-order valence-corrected chi connectivity index (χ1v) is 10.7. The molecule has 1 N–H and O–H groups in total. The number of rotatable bonds is 4. The maximum absolute atomic E-state index is 13.2. The van der Waals surface area contributed by atoms with Gasteiger partial charge in [-0.3, -0.25) is 19.4 Å². The minimum Gasteiger partial charge on any atom is -0.463 e. The second kappa shape index (κ2) is 8.38. The summed E-state index contributed by atoms with van der Waals surface area (Å²) in [5, 5.41) is 0.611. The highest BCUT2D eigenvalue weighted by Gasteiger charge is 2.34. The Labute approximate surface area is 189 Å². The van der Waals surface area contributed by atoms with Gasteiger partial charge in [0.15, 0.2) is 5.76 Å². The van der Waals surface area contributed by atoms with E-state index in [0.29, 0.717) is 53.1 Å². The Hall–Kier alpha value is -4.20. The first kappa shape index (κ1) is 20.7. The number of ketones is 1. The van der Waals surface area contributed by atoms with E-state index >= 15 is 0 Å². The standard InChI is InChI=1S/C25H22N4O4/c1-16-15-28(24(31)17-6-3-2-4-7-17)11-12-29(16)25(32)23(30)19-14-27-21-18(19)9-10-26-22(21)20-8-5-13-33-20/h2-10,13-14,16,27H,11-12,15H2,1H3/t16-/m1/s1. The van der Waals surface area contributed by atoms with Gasteiger partial charge >= 0.3 is 0 Å². The van der Waals surface area contributed by atoms with Crippen molar-refractivity contribution in [2.24, 2.45) is 0 Å². The van der Waals surface area contributed by atoms with Crippen LogP contribution in [0.1, 0.15) is 27.6 Å². The van der Waals surface area contributed by atoms with Gasteiger partial charge < -0.3 is 19.2 Å². The van der Waals surface area contributed by atoms with E-state index in [1.54, 1.807) is 58.8 Å². The van der Waals surface area contributed by atoms with Crippen LogP contribution in [-0.4, -0.2) is 63.0 Å². The average molecular weight is 442 g/mol. The lowest BCUT2D eigenvalue weighted by molar-refractivity contribution is -0.130. The second-order valence-electron chi connectivity index (χ2n) is 8.06. The lowest BCUT2D eigenvalue weighted by Gasteiger charge is -2.39. The van der Waals surface area contributed by atoms with E-state index < -0.39 is 11.7 Å². The fourth-order valence-corrected chi connectivity index (χ4v) is 4.30. The Morgan fingerprint density at radius 3 is 2.61 bits per heavy atom. The molecule has 1 saturated heterocycles. The summed E-state index contributed by atoms with van der Waals surface area (Å²) in [5.74, 6) is -0.671. The number of hydrogen-bond donors (Lipinski definition) is 1. The van der Waals surface area contributed by atoms with E-state index in [4.69, 9.17) is 4.42 Å². The first-order valence-electron chi connectivity index (χ1n) is 10.7. The van der Waals surface area contributed by atoms with Gasteiger partial charge in [-0.15, -0.1) is 0 Å². The molecule has 0 radical (unpaired) electrons. The number of Topliss-reactive ketones (excluding diaryl/α,β-unsaturated/α-hetero) is 1. The molecule has 1 atom stereocenters. The Kier molecular flexibility index (Phi) is 5.26. The van der Waals surface area contributed by atoms with Crippen molar-refractivity contribution in [1.82, 2.24) is 19.8 Å². The number of carbonyl (C=O) groups excluding carboxylic acids is 3. The Balaban J connectivity index is 1.34. The molecule has 1 aliphatic rings. The number of piperazine rings is 1. The molecule has 1 fully saturated rings. The molecule has 4 heterocycles. The van der Waals surface area contributed by atoms with E-state index in [-0.39, 0.29) is 11.9 Å². The maximum atomic E-state index is 13.2. The van der Waals surface area contributed by atoms with Crippen molar-refractivity contribution in [1.29, 1.82) is 0 Å². The van der Waals surface area contributed by atoms with Gasteiger partial charge in [0, 0.05) is 49.0 Å². The van der Waals surface area contributed by atoms with Crippen LogP contribution >= 0.6 is 0 Å². The highest BCUT2D eigenvalue weighted by Crippen LogP contribution is 2.28. The molecule has 8 nitrogen and oxygen atoms in total. The molecule has 0 unspecified atom stereocenters. The number of carbonyl (C=O) groups is 3. The molecule has 5 rings (SSSR count). The summed E-state index contributed by atoms with van der Waals surface area (Å²) in [4.78, 5) is 49.7. The number of pyridine rings is 1. The third-order valence-corrected chi connectivity index (χ3v) is 5.99. The Morgan fingerprint density at radius 1 is 1.06 bits per heavy atom. The van der Waals surface area contributed by atoms with Gasteiger partial charge in [0.05, 0.1) is 17.3 Å². The van der Waals surface area contributed by atoms with E-state index in [1.807, 2.05) is 25.1 Å². The predicted octanol–water partition coefficient (Wildman–Crippen LogP) is 3.38. The van der Waals surface area contributed by atoms with Crippen LogP contribution < -0.4 is 0 Å². The number of hydrogen-bond acceptors (Lipinski definition) is 5. The number of furan rings is 1. The summed E-state index contributed by atoms with van der Waals surface area (Å²) in [7, 11) is 0. The SMILES string of the molecule is C[C@@H]1CN(C(=O)c2ccccc2)CCN1C(=O)C(=O)c1c[nH]c2c(-c3ccco3)nccc12. The molecular weight excluding hydrogens is 420 g/mol. The summed E-state index contributed by atoms with van der Waals surface area (Å²) < 4.78 is 5.44. The highest BCUT2D eigenvalue weighted by atomic mass is 16.3. The van der Waals surface area contributed by atoms with Gasteiger partial charge in [0.2, 0.25) is 0 Å². The molecule has 0 spiro atoms. The quantitative estimate of drug-likeness (QED) is 0.386. The zero-order valence-electron chi connectivity index (χ0n) is 18.0. The number of fused-ring (bicyclic) bond motifs is 1. The van der Waals surface area contributed by atoms with E-state index in [9.17, 15) is 14.4 Å². The minimum atomic E-state index is -0.590. The zero-order valence-corrected chi connectivity index (χ0v) is 18.0. The third kappa shape index (κ3) is 3.69. The van der Waals surface area contributed by atoms with E-state index in [2.05, 4.69) is 9.97 Å². The number of aromatic nitrogens is 2. The number of benzene rings is 1. The van der Waals surface area contributed by atoms with E-state index in [0.717, 1.165) is 0 Å². The number of aromatic amines is 1. The minimum absolute atomic E-state index is 0.0736. The summed E-state index contributed by atoms with van der Waals surface area (Å²) in [5.41, 5.74) is 2.11. The molecule has 2 amide bonds. The van der Waals surface area contributed by atoms with Crippen molar-refractivity contribution in [2.75, 3.05) is 19.6 Å². The molecule has 0 aliphatic carbocycles. The largest absolute Gasteiger partial charge is 0.463 e. The van der Waals surface area contributed by atoms with Gasteiger partial charge in [0.25, 0.3) is 17.6 Å². The fraction of sp³-hybridized carbons (Fsp3) is 0.200. The zero-order chi connectivity index (χ0) is 22.9. The third-order valence-electron chi connectivity index (χ3n) is 5.99. The topological polar surface area (TPSA) is 99.5 Å². The smallest absolute Gasteiger partial charge is 0.295 e. The van der Waals surface area contributed by atoms with Gasteiger partial charge in [-0.25, -0.2) is 0 Å². The molecule has 1 aromatic carbocycles. The van der Waals surface area contributed by atoms with Gasteiger partial charge in [-0.05, 0) is 37.3 Å². The van der Waals surface area contributed by atoms with Crippen molar-refractivity contribution in [2.45, 2.75) is 13.0 Å². The average Bonchev–Trinajstić information content (AvgIpc) is 3.53. The molecule has 1 aliphatic heterocycles. The molecule has 166 valence electrons. The number of amides is 2. The van der Waals surface area contributed by atoms with Crippen LogP contribution in [0.25, 0.3) is 22.4 Å². The van der Waals surface area contributed by atoms with Crippen LogP contribution in [0.2, 0.25) is 0 Å². The number of nitrogens with one attached hydrogen (secondary N) is 1. The van der Waals surface area contributed by atoms with Crippen LogP contribution in [-0.2, 0) is 4.79 Å². The Bertz CT molecular complexity index is 1330. The summed E-state index contributed by atoms with van der Waals surface area (Å²) in [6.45, 7) is 2.89. The van der Waals surface area contributed by atoms with Crippen molar-refractivity contribution in [3.05, 3.63) is 78.3 Å². The summed E-state index contributed by atoms with van der Waals surface area (Å²) >= 11 is 0. The fourth-order valence-electron chi connectivity index (χ4n) is 4.30. The van der Waals surface area contributed by atoms with Gasteiger partial charge in [0.1, 0.15) is 5.69 Å². The molecule has 8 heteroatoms. The van der Waals surface area contributed by atoms with Crippen LogP contribution in [0.5, 0.6) is 0 Å². The first-order chi connectivity index (χ1) is 16.0. The molecule has 3 aromatic heterocycles.